The number of rotatable bonds is 3. The molecule has 2 rings (SSSR count). The maximum Gasteiger partial charge on any atom is 0.335 e. The molecular formula is C14H17BrO3. The van der Waals surface area contributed by atoms with Gasteiger partial charge in [0.25, 0.3) is 0 Å². The number of hydrogen-bond donors (Lipinski definition) is 1. The van der Waals surface area contributed by atoms with Gasteiger partial charge in [-0.1, -0.05) is 22.9 Å². The normalized spacial score (nSPS) is 23.7. The largest absolute Gasteiger partial charge is 0.490 e. The van der Waals surface area contributed by atoms with Crippen molar-refractivity contribution in [2.75, 3.05) is 0 Å². The van der Waals surface area contributed by atoms with Gasteiger partial charge in [0.2, 0.25) is 0 Å². The van der Waals surface area contributed by atoms with Crippen LogP contribution in [0.2, 0.25) is 0 Å². The molecule has 1 N–H and O–H groups in total. The van der Waals surface area contributed by atoms with Crippen LogP contribution in [-0.4, -0.2) is 17.2 Å². The highest BCUT2D eigenvalue weighted by Gasteiger charge is 2.20. The summed E-state index contributed by atoms with van der Waals surface area (Å²) in [7, 11) is 0. The molecule has 0 spiro atoms. The van der Waals surface area contributed by atoms with Gasteiger partial charge in [-0.3, -0.25) is 0 Å². The molecule has 98 valence electrons. The van der Waals surface area contributed by atoms with Crippen molar-refractivity contribution < 1.29 is 14.6 Å². The summed E-state index contributed by atoms with van der Waals surface area (Å²) in [4.78, 5) is 11.0. The van der Waals surface area contributed by atoms with E-state index in [9.17, 15) is 4.79 Å². The van der Waals surface area contributed by atoms with E-state index in [1.807, 2.05) is 6.07 Å². The molecule has 1 fully saturated rings. The van der Waals surface area contributed by atoms with E-state index in [2.05, 4.69) is 22.9 Å². The van der Waals surface area contributed by atoms with Gasteiger partial charge in [-0.2, -0.15) is 0 Å². The van der Waals surface area contributed by atoms with Gasteiger partial charge in [-0.25, -0.2) is 4.79 Å². The first-order valence-electron chi connectivity index (χ1n) is 6.25. The number of ether oxygens (including phenoxy) is 1. The van der Waals surface area contributed by atoms with Crippen LogP contribution in [-0.2, 0) is 0 Å². The van der Waals surface area contributed by atoms with E-state index in [-0.39, 0.29) is 11.7 Å². The average Bonchev–Trinajstić information content (AvgIpc) is 2.31. The predicted molar refractivity (Wildman–Crippen MR) is 73.1 cm³/mol. The van der Waals surface area contributed by atoms with Gasteiger partial charge in [-0.15, -0.1) is 0 Å². The monoisotopic (exact) mass is 312 g/mol. The molecule has 4 heteroatoms. The molecule has 0 radical (unpaired) electrons. The van der Waals surface area contributed by atoms with Gasteiger partial charge in [0, 0.05) is 4.47 Å². The Kier molecular flexibility index (Phi) is 4.27. The summed E-state index contributed by atoms with van der Waals surface area (Å²) in [5.74, 6) is 0.488. The minimum Gasteiger partial charge on any atom is -0.490 e. The highest BCUT2D eigenvalue weighted by atomic mass is 79.9. The Labute approximate surface area is 115 Å². The Morgan fingerprint density at radius 3 is 2.56 bits per heavy atom. The van der Waals surface area contributed by atoms with E-state index in [0.717, 1.165) is 23.2 Å². The topological polar surface area (TPSA) is 46.5 Å². The van der Waals surface area contributed by atoms with E-state index in [1.54, 1.807) is 12.1 Å². The first kappa shape index (κ1) is 13.4. The maximum atomic E-state index is 11.0. The fourth-order valence-corrected chi connectivity index (χ4v) is 2.77. The van der Waals surface area contributed by atoms with Gasteiger partial charge in [-0.05, 0) is 49.8 Å². The highest BCUT2D eigenvalue weighted by Crippen LogP contribution is 2.29. The Morgan fingerprint density at radius 1 is 1.28 bits per heavy atom. The van der Waals surface area contributed by atoms with Crippen LogP contribution in [0, 0.1) is 5.92 Å². The van der Waals surface area contributed by atoms with Crippen molar-refractivity contribution in [2.24, 2.45) is 5.92 Å². The summed E-state index contributed by atoms with van der Waals surface area (Å²) < 4.78 is 6.62. The van der Waals surface area contributed by atoms with E-state index < -0.39 is 5.97 Å². The molecule has 0 aromatic heterocycles. The Hall–Kier alpha value is -1.03. The molecule has 0 amide bonds. The molecule has 1 aliphatic carbocycles. The number of carbonyl (C=O) groups is 1. The Morgan fingerprint density at radius 2 is 1.94 bits per heavy atom. The van der Waals surface area contributed by atoms with E-state index >= 15 is 0 Å². The standard InChI is InChI=1S/C14H17BrO3/c1-9-2-4-12(5-3-9)18-13-7-10(14(16)17)6-11(15)8-13/h6-9,12H,2-5H2,1H3,(H,16,17). The van der Waals surface area contributed by atoms with Crippen LogP contribution >= 0.6 is 15.9 Å². The summed E-state index contributed by atoms with van der Waals surface area (Å²) in [5.41, 5.74) is 0.253. The molecule has 1 saturated carbocycles. The molecular weight excluding hydrogens is 296 g/mol. The predicted octanol–water partition coefficient (Wildman–Crippen LogP) is 4.10. The van der Waals surface area contributed by atoms with Crippen molar-refractivity contribution in [3.05, 3.63) is 28.2 Å². The molecule has 0 aliphatic heterocycles. The Bertz CT molecular complexity index is 437. The lowest BCUT2D eigenvalue weighted by molar-refractivity contribution is 0.0695. The first-order chi connectivity index (χ1) is 8.54. The summed E-state index contributed by atoms with van der Waals surface area (Å²) in [6.07, 6.45) is 4.69. The zero-order valence-corrected chi connectivity index (χ0v) is 11.9. The smallest absolute Gasteiger partial charge is 0.335 e. The minimum atomic E-state index is -0.932. The van der Waals surface area contributed by atoms with Crippen LogP contribution in [0.3, 0.4) is 0 Å². The molecule has 0 saturated heterocycles. The van der Waals surface area contributed by atoms with Gasteiger partial charge in [0.15, 0.2) is 0 Å². The number of carboxylic acid groups (broad SMARTS) is 1. The van der Waals surface area contributed by atoms with Crippen molar-refractivity contribution >= 4 is 21.9 Å². The van der Waals surface area contributed by atoms with Crippen LogP contribution in [0.1, 0.15) is 43.0 Å². The van der Waals surface area contributed by atoms with Crippen molar-refractivity contribution in [3.63, 3.8) is 0 Å². The summed E-state index contributed by atoms with van der Waals surface area (Å²) in [6, 6.07) is 4.99. The number of aromatic carboxylic acids is 1. The second-order valence-electron chi connectivity index (χ2n) is 4.98. The van der Waals surface area contributed by atoms with E-state index in [1.165, 1.54) is 12.8 Å². The minimum absolute atomic E-state index is 0.220. The lowest BCUT2D eigenvalue weighted by Crippen LogP contribution is -2.23. The summed E-state index contributed by atoms with van der Waals surface area (Å²) in [6.45, 7) is 2.26. The lowest BCUT2D eigenvalue weighted by atomic mass is 9.89. The molecule has 3 nitrogen and oxygen atoms in total. The van der Waals surface area contributed by atoms with Crippen molar-refractivity contribution in [3.8, 4) is 5.75 Å². The lowest BCUT2D eigenvalue weighted by Gasteiger charge is -2.27. The van der Waals surface area contributed by atoms with Crippen LogP contribution in [0.5, 0.6) is 5.75 Å². The third-order valence-electron chi connectivity index (χ3n) is 3.38. The zero-order valence-electron chi connectivity index (χ0n) is 10.4. The number of hydrogen-bond acceptors (Lipinski definition) is 2. The molecule has 0 unspecified atom stereocenters. The number of carboxylic acids is 1. The Balaban J connectivity index is 2.07. The van der Waals surface area contributed by atoms with Crippen molar-refractivity contribution in [1.82, 2.24) is 0 Å². The van der Waals surface area contributed by atoms with Crippen molar-refractivity contribution in [2.45, 2.75) is 38.7 Å². The van der Waals surface area contributed by atoms with Gasteiger partial charge < -0.3 is 9.84 Å². The highest BCUT2D eigenvalue weighted by molar-refractivity contribution is 9.10. The second-order valence-corrected chi connectivity index (χ2v) is 5.90. The zero-order chi connectivity index (χ0) is 13.1. The first-order valence-corrected chi connectivity index (χ1v) is 7.04. The number of benzene rings is 1. The van der Waals surface area contributed by atoms with Gasteiger partial charge >= 0.3 is 5.97 Å². The van der Waals surface area contributed by atoms with Crippen LogP contribution < -0.4 is 4.74 Å². The third-order valence-corrected chi connectivity index (χ3v) is 3.84. The van der Waals surface area contributed by atoms with Gasteiger partial charge in [0.1, 0.15) is 5.75 Å². The fraction of sp³-hybridized carbons (Fsp3) is 0.500. The second kappa shape index (κ2) is 5.74. The summed E-state index contributed by atoms with van der Waals surface area (Å²) >= 11 is 3.31. The van der Waals surface area contributed by atoms with Crippen LogP contribution in [0.15, 0.2) is 22.7 Å². The molecule has 0 heterocycles. The third kappa shape index (κ3) is 3.48. The molecule has 18 heavy (non-hydrogen) atoms. The maximum absolute atomic E-state index is 11.0. The quantitative estimate of drug-likeness (QED) is 0.913. The fourth-order valence-electron chi connectivity index (χ4n) is 2.29. The number of halogens is 1. The van der Waals surface area contributed by atoms with Crippen molar-refractivity contribution in [1.29, 1.82) is 0 Å². The molecule has 0 bridgehead atoms. The SMILES string of the molecule is CC1CCC(Oc2cc(Br)cc(C(=O)O)c2)CC1. The van der Waals surface area contributed by atoms with Crippen LogP contribution in [0.4, 0.5) is 0 Å². The molecule has 1 aromatic rings. The molecule has 0 atom stereocenters. The molecule has 1 aromatic carbocycles. The summed E-state index contributed by atoms with van der Waals surface area (Å²) in [5, 5.41) is 9.00. The average molecular weight is 313 g/mol. The van der Waals surface area contributed by atoms with E-state index in [0.29, 0.717) is 5.75 Å². The van der Waals surface area contributed by atoms with E-state index in [4.69, 9.17) is 9.84 Å². The molecule has 1 aliphatic rings. The van der Waals surface area contributed by atoms with Gasteiger partial charge in [0.05, 0.1) is 11.7 Å². The van der Waals surface area contributed by atoms with Crippen LogP contribution in [0.25, 0.3) is 0 Å².